The van der Waals surface area contributed by atoms with Gasteiger partial charge in [0.1, 0.15) is 12.1 Å². The lowest BCUT2D eigenvalue weighted by atomic mass is 10.6. The van der Waals surface area contributed by atoms with E-state index in [0.29, 0.717) is 0 Å². The molecular formula is C7H8N4. The summed E-state index contributed by atoms with van der Waals surface area (Å²) < 4.78 is 3.70. The number of aryl methyl sites for hydroxylation is 1. The molecule has 0 aliphatic carbocycles. The summed E-state index contributed by atoms with van der Waals surface area (Å²) in [6.07, 6.45) is 7.14. The molecule has 2 aromatic heterocycles. The second-order valence-electron chi connectivity index (χ2n) is 2.28. The van der Waals surface area contributed by atoms with E-state index in [4.69, 9.17) is 0 Å². The second-order valence-corrected chi connectivity index (χ2v) is 2.28. The van der Waals surface area contributed by atoms with Crippen LogP contribution in [0.5, 0.6) is 0 Å². The van der Waals surface area contributed by atoms with E-state index in [0.717, 1.165) is 5.82 Å². The number of hydrogen-bond donors (Lipinski definition) is 0. The molecule has 2 aromatic rings. The van der Waals surface area contributed by atoms with Crippen LogP contribution >= 0.6 is 0 Å². The summed E-state index contributed by atoms with van der Waals surface area (Å²) in [7, 11) is 1.90. The monoisotopic (exact) mass is 148 g/mol. The highest BCUT2D eigenvalue weighted by atomic mass is 15.3. The van der Waals surface area contributed by atoms with Gasteiger partial charge in [-0.3, -0.25) is 9.25 Å². The highest BCUT2D eigenvalue weighted by molar-refractivity contribution is 5.20. The van der Waals surface area contributed by atoms with E-state index in [2.05, 4.69) is 10.1 Å². The minimum atomic E-state index is 1.02. The highest BCUT2D eigenvalue weighted by Gasteiger charge is 1.97. The van der Waals surface area contributed by atoms with Crippen LogP contribution in [-0.4, -0.2) is 19.3 Å². The smallest absolute Gasteiger partial charge is 0.135 e. The first kappa shape index (κ1) is 6.15. The fraction of sp³-hybridized carbons (Fsp3) is 0.143. The van der Waals surface area contributed by atoms with Gasteiger partial charge < -0.3 is 0 Å². The van der Waals surface area contributed by atoms with E-state index in [9.17, 15) is 0 Å². The Kier molecular flexibility index (Phi) is 1.25. The van der Waals surface area contributed by atoms with Gasteiger partial charge in [0.2, 0.25) is 0 Å². The SMILES string of the molecule is Cn1nccc1-n1ccnc1. The van der Waals surface area contributed by atoms with Crippen molar-refractivity contribution >= 4 is 0 Å². The summed E-state index contributed by atoms with van der Waals surface area (Å²) in [5.74, 6) is 1.02. The van der Waals surface area contributed by atoms with E-state index in [1.165, 1.54) is 0 Å². The Morgan fingerprint density at radius 1 is 1.36 bits per heavy atom. The standard InChI is InChI=1S/C7H8N4/c1-10-7(2-3-9-10)11-5-4-8-6-11/h2-6H,1H3. The lowest BCUT2D eigenvalue weighted by Gasteiger charge is -1.99. The van der Waals surface area contributed by atoms with E-state index < -0.39 is 0 Å². The Hall–Kier alpha value is -1.58. The third kappa shape index (κ3) is 0.920. The van der Waals surface area contributed by atoms with Crippen LogP contribution < -0.4 is 0 Å². The molecule has 4 nitrogen and oxygen atoms in total. The van der Waals surface area contributed by atoms with E-state index >= 15 is 0 Å². The van der Waals surface area contributed by atoms with Gasteiger partial charge in [-0.05, 0) is 0 Å². The number of rotatable bonds is 1. The average molecular weight is 148 g/mol. The molecule has 0 N–H and O–H groups in total. The quantitative estimate of drug-likeness (QED) is 0.593. The first-order valence-corrected chi connectivity index (χ1v) is 3.34. The van der Waals surface area contributed by atoms with Gasteiger partial charge in [0.05, 0.1) is 6.20 Å². The van der Waals surface area contributed by atoms with Crippen molar-refractivity contribution in [1.29, 1.82) is 0 Å². The molecule has 11 heavy (non-hydrogen) atoms. The van der Waals surface area contributed by atoms with Crippen LogP contribution in [0.1, 0.15) is 0 Å². The van der Waals surface area contributed by atoms with Crippen LogP contribution in [0.2, 0.25) is 0 Å². The third-order valence-corrected chi connectivity index (χ3v) is 1.56. The molecule has 56 valence electrons. The first-order chi connectivity index (χ1) is 5.38. The predicted molar refractivity (Wildman–Crippen MR) is 40.3 cm³/mol. The molecule has 2 rings (SSSR count). The highest BCUT2D eigenvalue weighted by Crippen LogP contribution is 2.02. The van der Waals surface area contributed by atoms with Gasteiger partial charge in [-0.2, -0.15) is 5.10 Å². The van der Waals surface area contributed by atoms with Gasteiger partial charge in [0, 0.05) is 25.5 Å². The number of imidazole rings is 1. The van der Waals surface area contributed by atoms with Gasteiger partial charge >= 0.3 is 0 Å². The minimum Gasteiger partial charge on any atom is -0.291 e. The van der Waals surface area contributed by atoms with Crippen LogP contribution in [0, 0.1) is 0 Å². The predicted octanol–water partition coefficient (Wildman–Crippen LogP) is 0.606. The summed E-state index contributed by atoms with van der Waals surface area (Å²) in [6.45, 7) is 0. The van der Waals surface area contributed by atoms with Gasteiger partial charge in [0.15, 0.2) is 0 Å². The molecule has 0 saturated heterocycles. The van der Waals surface area contributed by atoms with Gasteiger partial charge in [-0.25, -0.2) is 4.98 Å². The minimum absolute atomic E-state index is 1.02. The molecule has 0 spiro atoms. The molecule has 0 aliphatic heterocycles. The van der Waals surface area contributed by atoms with Crippen LogP contribution in [0.25, 0.3) is 5.82 Å². The van der Waals surface area contributed by atoms with Crippen molar-refractivity contribution < 1.29 is 0 Å². The molecule has 0 saturated carbocycles. The number of nitrogens with zero attached hydrogens (tertiary/aromatic N) is 4. The largest absolute Gasteiger partial charge is 0.291 e. The van der Waals surface area contributed by atoms with Crippen LogP contribution in [0.4, 0.5) is 0 Å². The Labute approximate surface area is 64.1 Å². The molecule has 0 atom stereocenters. The van der Waals surface area contributed by atoms with Crippen LogP contribution in [0.15, 0.2) is 31.0 Å². The molecule has 0 fully saturated rings. The lowest BCUT2D eigenvalue weighted by molar-refractivity contribution is 0.729. The molecule has 0 amide bonds. The normalized spacial score (nSPS) is 10.3. The molecule has 2 heterocycles. The van der Waals surface area contributed by atoms with Gasteiger partial charge in [-0.1, -0.05) is 0 Å². The fourth-order valence-electron chi connectivity index (χ4n) is 1.01. The fourth-order valence-corrected chi connectivity index (χ4v) is 1.01. The van der Waals surface area contributed by atoms with Crippen molar-refractivity contribution in [3.63, 3.8) is 0 Å². The molecule has 0 bridgehead atoms. The maximum Gasteiger partial charge on any atom is 0.135 e. The zero-order chi connectivity index (χ0) is 7.68. The summed E-state index contributed by atoms with van der Waals surface area (Å²) in [6, 6.07) is 1.93. The summed E-state index contributed by atoms with van der Waals surface area (Å²) in [5, 5.41) is 4.04. The number of aromatic nitrogens is 4. The summed E-state index contributed by atoms with van der Waals surface area (Å²) in [4.78, 5) is 3.94. The average Bonchev–Trinajstić information content (AvgIpc) is 2.55. The van der Waals surface area contributed by atoms with Crippen LogP contribution in [0.3, 0.4) is 0 Å². The molecule has 0 aromatic carbocycles. The Morgan fingerprint density at radius 2 is 2.27 bits per heavy atom. The van der Waals surface area contributed by atoms with Gasteiger partial charge in [0.25, 0.3) is 0 Å². The zero-order valence-electron chi connectivity index (χ0n) is 6.18. The first-order valence-electron chi connectivity index (χ1n) is 3.34. The zero-order valence-corrected chi connectivity index (χ0v) is 6.18. The van der Waals surface area contributed by atoms with Crippen molar-refractivity contribution in [3.8, 4) is 5.82 Å². The topological polar surface area (TPSA) is 35.6 Å². The van der Waals surface area contributed by atoms with E-state index in [1.54, 1.807) is 23.4 Å². The molecule has 4 heteroatoms. The molecule has 0 radical (unpaired) electrons. The number of hydrogen-bond acceptors (Lipinski definition) is 2. The van der Waals surface area contributed by atoms with Crippen molar-refractivity contribution in [1.82, 2.24) is 19.3 Å². The molecular weight excluding hydrogens is 140 g/mol. The van der Waals surface area contributed by atoms with E-state index in [-0.39, 0.29) is 0 Å². The van der Waals surface area contributed by atoms with Crippen LogP contribution in [-0.2, 0) is 7.05 Å². The van der Waals surface area contributed by atoms with Crippen molar-refractivity contribution in [2.45, 2.75) is 0 Å². The second kappa shape index (κ2) is 2.23. The third-order valence-electron chi connectivity index (χ3n) is 1.56. The van der Waals surface area contributed by atoms with Gasteiger partial charge in [-0.15, -0.1) is 0 Å². The molecule has 0 aliphatic rings. The maximum absolute atomic E-state index is 4.04. The lowest BCUT2D eigenvalue weighted by Crippen LogP contribution is -1.99. The summed E-state index contributed by atoms with van der Waals surface area (Å²) in [5.41, 5.74) is 0. The van der Waals surface area contributed by atoms with Crippen molar-refractivity contribution in [2.75, 3.05) is 0 Å². The van der Waals surface area contributed by atoms with Crippen molar-refractivity contribution in [2.24, 2.45) is 7.05 Å². The van der Waals surface area contributed by atoms with E-state index in [1.807, 2.05) is 23.9 Å². The Morgan fingerprint density at radius 3 is 2.82 bits per heavy atom. The molecule has 0 unspecified atom stereocenters. The Balaban J connectivity index is 2.53. The van der Waals surface area contributed by atoms with Crippen molar-refractivity contribution in [3.05, 3.63) is 31.0 Å². The maximum atomic E-state index is 4.04. The summed E-state index contributed by atoms with van der Waals surface area (Å²) >= 11 is 0. The Bertz CT molecular complexity index is 333.